The number of aromatic nitrogens is 2. The van der Waals surface area contributed by atoms with Gasteiger partial charge in [-0.1, -0.05) is 17.4 Å². The first-order valence-electron chi connectivity index (χ1n) is 9.49. The van der Waals surface area contributed by atoms with Crippen LogP contribution in [-0.2, 0) is 6.42 Å². The van der Waals surface area contributed by atoms with Gasteiger partial charge in [-0.05, 0) is 44.2 Å². The van der Waals surface area contributed by atoms with E-state index in [2.05, 4.69) is 15.2 Å². The van der Waals surface area contributed by atoms with Crippen LogP contribution in [-0.4, -0.2) is 34.6 Å². The third kappa shape index (κ3) is 3.19. The minimum atomic E-state index is -0.287. The minimum absolute atomic E-state index is 0.0498. The summed E-state index contributed by atoms with van der Waals surface area (Å²) in [4.78, 5) is 24.6. The SMILES string of the molecule is CC1(C)Cc2nc(N3CCOc4ccc(-c5cccc(N)n5)cc43)sc2C(=O)N1. The fourth-order valence-electron chi connectivity index (χ4n) is 3.77. The van der Waals surface area contributed by atoms with Crippen molar-refractivity contribution in [3.8, 4) is 17.0 Å². The van der Waals surface area contributed by atoms with Crippen LogP contribution < -0.4 is 20.7 Å². The molecule has 2 aliphatic rings. The Bertz CT molecular complexity index is 1120. The molecule has 0 saturated heterocycles. The molecule has 7 nitrogen and oxygen atoms in total. The molecular weight excluding hydrogens is 386 g/mol. The van der Waals surface area contributed by atoms with Gasteiger partial charge in [-0.15, -0.1) is 0 Å². The molecule has 1 aromatic carbocycles. The second-order valence-corrected chi connectivity index (χ2v) is 8.89. The van der Waals surface area contributed by atoms with Gasteiger partial charge in [0.2, 0.25) is 0 Å². The molecule has 0 saturated carbocycles. The van der Waals surface area contributed by atoms with Crippen LogP contribution in [0.15, 0.2) is 36.4 Å². The van der Waals surface area contributed by atoms with Gasteiger partial charge in [0.25, 0.3) is 5.91 Å². The molecule has 0 fully saturated rings. The number of nitrogen functional groups attached to an aromatic ring is 1. The van der Waals surface area contributed by atoms with Crippen LogP contribution in [0.1, 0.15) is 29.2 Å². The molecule has 3 N–H and O–H groups in total. The quantitative estimate of drug-likeness (QED) is 0.676. The Labute approximate surface area is 172 Å². The molecule has 2 aromatic heterocycles. The molecule has 29 heavy (non-hydrogen) atoms. The number of carbonyl (C=O) groups is 1. The van der Waals surface area contributed by atoms with Gasteiger partial charge in [0.1, 0.15) is 23.1 Å². The van der Waals surface area contributed by atoms with Crippen molar-refractivity contribution in [2.24, 2.45) is 0 Å². The number of anilines is 3. The number of pyridine rings is 1. The van der Waals surface area contributed by atoms with Gasteiger partial charge in [0.15, 0.2) is 5.13 Å². The lowest BCUT2D eigenvalue weighted by molar-refractivity contribution is 0.0901. The highest BCUT2D eigenvalue weighted by molar-refractivity contribution is 7.17. The predicted molar refractivity (Wildman–Crippen MR) is 114 cm³/mol. The van der Waals surface area contributed by atoms with E-state index in [-0.39, 0.29) is 11.4 Å². The van der Waals surface area contributed by atoms with Gasteiger partial charge in [0, 0.05) is 17.5 Å². The van der Waals surface area contributed by atoms with Crippen LogP contribution in [0.3, 0.4) is 0 Å². The Morgan fingerprint density at radius 1 is 1.24 bits per heavy atom. The minimum Gasteiger partial charge on any atom is -0.490 e. The van der Waals surface area contributed by atoms with Gasteiger partial charge in [0.05, 0.1) is 23.6 Å². The molecule has 0 radical (unpaired) electrons. The third-order valence-electron chi connectivity index (χ3n) is 5.07. The van der Waals surface area contributed by atoms with Crippen LogP contribution in [0.25, 0.3) is 11.3 Å². The molecule has 8 heteroatoms. The normalized spacial score (nSPS) is 17.2. The van der Waals surface area contributed by atoms with Crippen molar-refractivity contribution >= 4 is 33.9 Å². The van der Waals surface area contributed by atoms with E-state index < -0.39 is 0 Å². The molecule has 0 atom stereocenters. The first kappa shape index (κ1) is 17.9. The number of nitrogens with one attached hydrogen (secondary N) is 1. The van der Waals surface area contributed by atoms with Gasteiger partial charge < -0.3 is 20.7 Å². The van der Waals surface area contributed by atoms with Crippen molar-refractivity contribution < 1.29 is 9.53 Å². The summed E-state index contributed by atoms with van der Waals surface area (Å²) < 4.78 is 5.86. The van der Waals surface area contributed by atoms with Crippen LogP contribution in [0.5, 0.6) is 5.75 Å². The summed E-state index contributed by atoms with van der Waals surface area (Å²) in [5.41, 5.74) is 9.10. The smallest absolute Gasteiger partial charge is 0.263 e. The lowest BCUT2D eigenvalue weighted by atomic mass is 9.94. The number of hydrogen-bond donors (Lipinski definition) is 2. The van der Waals surface area contributed by atoms with Gasteiger partial charge in [-0.25, -0.2) is 9.97 Å². The van der Waals surface area contributed by atoms with Crippen molar-refractivity contribution in [3.63, 3.8) is 0 Å². The molecule has 0 aliphatic carbocycles. The van der Waals surface area contributed by atoms with Crippen LogP contribution in [0.2, 0.25) is 0 Å². The van der Waals surface area contributed by atoms with E-state index in [1.54, 1.807) is 6.07 Å². The first-order chi connectivity index (χ1) is 13.9. The van der Waals surface area contributed by atoms with Crippen molar-refractivity contribution in [1.29, 1.82) is 0 Å². The summed E-state index contributed by atoms with van der Waals surface area (Å²) in [7, 11) is 0. The third-order valence-corrected chi connectivity index (χ3v) is 6.19. The highest BCUT2D eigenvalue weighted by Crippen LogP contribution is 2.42. The van der Waals surface area contributed by atoms with E-state index >= 15 is 0 Å². The fraction of sp³-hybridized carbons (Fsp3) is 0.286. The van der Waals surface area contributed by atoms with Gasteiger partial charge >= 0.3 is 0 Å². The molecule has 4 heterocycles. The molecule has 148 valence electrons. The van der Waals surface area contributed by atoms with Crippen LogP contribution in [0, 0.1) is 0 Å². The molecule has 0 unspecified atom stereocenters. The highest BCUT2D eigenvalue weighted by atomic mass is 32.1. The van der Waals surface area contributed by atoms with Crippen molar-refractivity contribution in [2.45, 2.75) is 25.8 Å². The number of rotatable bonds is 2. The maximum Gasteiger partial charge on any atom is 0.263 e. The second kappa shape index (κ2) is 6.45. The standard InChI is InChI=1S/C21H21N5O2S/c1-21(2)11-14-18(19(27)25-21)29-20(24-14)26-8-9-28-16-7-6-12(10-15(16)26)13-4-3-5-17(22)23-13/h3-7,10H,8-9,11H2,1-2H3,(H2,22,23)(H,25,27). The van der Waals surface area contributed by atoms with E-state index in [4.69, 9.17) is 15.5 Å². The largest absolute Gasteiger partial charge is 0.490 e. The molecule has 0 bridgehead atoms. The van der Waals surface area contributed by atoms with Crippen LogP contribution in [0.4, 0.5) is 16.6 Å². The average molecular weight is 407 g/mol. The Morgan fingerprint density at radius 3 is 2.93 bits per heavy atom. The summed E-state index contributed by atoms with van der Waals surface area (Å²) in [6.07, 6.45) is 0.717. The lowest BCUT2D eigenvalue weighted by Crippen LogP contribution is -2.48. The summed E-state index contributed by atoms with van der Waals surface area (Å²) in [5.74, 6) is 1.22. The number of fused-ring (bicyclic) bond motifs is 2. The monoisotopic (exact) mass is 407 g/mol. The Balaban J connectivity index is 1.56. The number of ether oxygens (including phenoxy) is 1. The maximum absolute atomic E-state index is 12.5. The maximum atomic E-state index is 12.5. The van der Waals surface area contributed by atoms with E-state index in [1.807, 2.05) is 44.2 Å². The van der Waals surface area contributed by atoms with E-state index in [9.17, 15) is 4.79 Å². The predicted octanol–water partition coefficient (Wildman–Crippen LogP) is 3.38. The number of thiazole rings is 1. The molecule has 0 spiro atoms. The van der Waals surface area contributed by atoms with Crippen molar-refractivity contribution in [2.75, 3.05) is 23.8 Å². The van der Waals surface area contributed by atoms with E-state index in [0.29, 0.717) is 23.8 Å². The molecule has 1 amide bonds. The molecular formula is C21H21N5O2S. The first-order valence-corrected chi connectivity index (χ1v) is 10.3. The van der Waals surface area contributed by atoms with Gasteiger partial charge in [-0.2, -0.15) is 0 Å². The summed E-state index contributed by atoms with van der Waals surface area (Å²) in [6.45, 7) is 5.26. The molecule has 2 aliphatic heterocycles. The molecule has 5 rings (SSSR count). The topological polar surface area (TPSA) is 93.4 Å². The number of hydrogen-bond acceptors (Lipinski definition) is 7. The number of nitrogens with two attached hydrogens (primary N) is 1. The zero-order valence-electron chi connectivity index (χ0n) is 16.2. The Kier molecular flexibility index (Phi) is 3.99. The fourth-order valence-corrected chi connectivity index (χ4v) is 4.78. The van der Waals surface area contributed by atoms with E-state index in [1.165, 1.54) is 11.3 Å². The second-order valence-electron chi connectivity index (χ2n) is 7.92. The number of nitrogens with zero attached hydrogens (tertiary/aromatic N) is 3. The summed E-state index contributed by atoms with van der Waals surface area (Å²) >= 11 is 1.43. The summed E-state index contributed by atoms with van der Waals surface area (Å²) in [6, 6.07) is 11.6. The summed E-state index contributed by atoms with van der Waals surface area (Å²) in [5, 5.41) is 3.86. The molecule has 3 aromatic rings. The average Bonchev–Trinajstić information content (AvgIpc) is 3.10. The van der Waals surface area contributed by atoms with Crippen molar-refractivity contribution in [1.82, 2.24) is 15.3 Å². The Hall–Kier alpha value is -3.13. The zero-order chi connectivity index (χ0) is 20.2. The lowest BCUT2D eigenvalue weighted by Gasteiger charge is -2.29. The van der Waals surface area contributed by atoms with E-state index in [0.717, 1.165) is 39.9 Å². The number of carbonyl (C=O) groups excluding carboxylic acids is 1. The Morgan fingerprint density at radius 2 is 2.10 bits per heavy atom. The zero-order valence-corrected chi connectivity index (χ0v) is 17.0. The van der Waals surface area contributed by atoms with Gasteiger partial charge in [-0.3, -0.25) is 4.79 Å². The van der Waals surface area contributed by atoms with Crippen molar-refractivity contribution in [3.05, 3.63) is 47.0 Å². The number of amides is 1. The number of benzene rings is 1. The van der Waals surface area contributed by atoms with Crippen LogP contribution >= 0.6 is 11.3 Å². The highest BCUT2D eigenvalue weighted by Gasteiger charge is 2.34.